The fourth-order valence-electron chi connectivity index (χ4n) is 2.89. The first-order valence-electron chi connectivity index (χ1n) is 7.82. The van der Waals surface area contributed by atoms with Crippen LogP contribution in [0.4, 0.5) is 5.69 Å². The van der Waals surface area contributed by atoms with E-state index in [1.807, 2.05) is 45.0 Å². The molecule has 1 aliphatic carbocycles. The van der Waals surface area contributed by atoms with E-state index in [2.05, 4.69) is 0 Å². The lowest BCUT2D eigenvalue weighted by Gasteiger charge is -2.35. The van der Waals surface area contributed by atoms with Gasteiger partial charge in [-0.1, -0.05) is 0 Å². The maximum Gasteiger partial charge on any atom is 0.338 e. The van der Waals surface area contributed by atoms with Gasteiger partial charge in [0, 0.05) is 38.5 Å². The van der Waals surface area contributed by atoms with Crippen LogP contribution in [0.25, 0.3) is 0 Å². The normalized spacial score (nSPS) is 18.9. The van der Waals surface area contributed by atoms with Crippen LogP contribution in [0.1, 0.15) is 49.9 Å². The number of Topliss-reactive ketones (excluding diaryl/α,β-unsaturated/α-hetero) is 1. The molecule has 0 saturated heterocycles. The zero-order valence-corrected chi connectivity index (χ0v) is 13.9. The molecule has 1 fully saturated rings. The zero-order valence-electron chi connectivity index (χ0n) is 13.9. The predicted molar refractivity (Wildman–Crippen MR) is 87.2 cm³/mol. The highest BCUT2D eigenvalue weighted by molar-refractivity contribution is 5.90. The van der Waals surface area contributed by atoms with Gasteiger partial charge in [0.2, 0.25) is 0 Å². The Balaban J connectivity index is 2.04. The standard InChI is InChI=1S/C18H25NO3/c1-18(2,14-6-5-7-16(20)12-14)22-17(21)13-8-10-15(11-9-13)19(3)4/h8-11,14H,5-7,12H2,1-4H3/t14-/m0/s1. The number of rotatable bonds is 4. The quantitative estimate of drug-likeness (QED) is 0.799. The Kier molecular flexibility index (Phi) is 4.89. The molecule has 120 valence electrons. The summed E-state index contributed by atoms with van der Waals surface area (Å²) in [6, 6.07) is 7.35. The van der Waals surface area contributed by atoms with Crippen molar-refractivity contribution in [1.82, 2.24) is 0 Å². The molecule has 0 aliphatic heterocycles. The number of benzene rings is 1. The van der Waals surface area contributed by atoms with Gasteiger partial charge in [0.25, 0.3) is 0 Å². The van der Waals surface area contributed by atoms with Gasteiger partial charge in [0.1, 0.15) is 11.4 Å². The topological polar surface area (TPSA) is 46.6 Å². The number of ketones is 1. The highest BCUT2D eigenvalue weighted by Crippen LogP contribution is 2.34. The van der Waals surface area contributed by atoms with E-state index in [-0.39, 0.29) is 17.7 Å². The van der Waals surface area contributed by atoms with Gasteiger partial charge in [0.15, 0.2) is 0 Å². The molecule has 0 aromatic heterocycles. The molecule has 0 heterocycles. The molecule has 1 atom stereocenters. The number of nitrogens with zero attached hydrogens (tertiary/aromatic N) is 1. The summed E-state index contributed by atoms with van der Waals surface area (Å²) in [5.41, 5.74) is 0.961. The molecule has 0 N–H and O–H groups in total. The van der Waals surface area contributed by atoms with Gasteiger partial charge in [-0.2, -0.15) is 0 Å². The maximum atomic E-state index is 12.3. The van der Waals surface area contributed by atoms with Gasteiger partial charge in [-0.25, -0.2) is 4.79 Å². The minimum atomic E-state index is -0.618. The highest BCUT2D eigenvalue weighted by atomic mass is 16.6. The van der Waals surface area contributed by atoms with Crippen LogP contribution in [-0.4, -0.2) is 31.4 Å². The van der Waals surface area contributed by atoms with Crippen LogP contribution in [0.5, 0.6) is 0 Å². The molecular formula is C18H25NO3. The zero-order chi connectivity index (χ0) is 16.3. The first-order valence-corrected chi connectivity index (χ1v) is 7.82. The molecule has 0 unspecified atom stereocenters. The van der Waals surface area contributed by atoms with Crippen molar-refractivity contribution in [3.63, 3.8) is 0 Å². The van der Waals surface area contributed by atoms with Gasteiger partial charge in [-0.15, -0.1) is 0 Å². The average molecular weight is 303 g/mol. The van der Waals surface area contributed by atoms with Crippen molar-refractivity contribution in [2.24, 2.45) is 5.92 Å². The third kappa shape index (κ3) is 3.87. The minimum Gasteiger partial charge on any atom is -0.456 e. The monoisotopic (exact) mass is 303 g/mol. The van der Waals surface area contributed by atoms with Gasteiger partial charge in [0.05, 0.1) is 5.56 Å². The number of carbonyl (C=O) groups excluding carboxylic acids is 2. The molecule has 1 aromatic rings. The van der Waals surface area contributed by atoms with Crippen molar-refractivity contribution in [3.05, 3.63) is 29.8 Å². The second kappa shape index (κ2) is 6.51. The first kappa shape index (κ1) is 16.5. The Labute approximate surface area is 132 Å². The van der Waals surface area contributed by atoms with Crippen LogP contribution in [0, 0.1) is 5.92 Å². The number of hydrogen-bond acceptors (Lipinski definition) is 4. The van der Waals surface area contributed by atoms with E-state index < -0.39 is 5.60 Å². The first-order chi connectivity index (χ1) is 10.3. The molecule has 22 heavy (non-hydrogen) atoms. The molecule has 0 radical (unpaired) electrons. The van der Waals surface area contributed by atoms with Gasteiger partial charge < -0.3 is 9.64 Å². The van der Waals surface area contributed by atoms with E-state index in [1.165, 1.54) is 0 Å². The number of anilines is 1. The Hall–Kier alpha value is -1.84. The number of carbonyl (C=O) groups is 2. The minimum absolute atomic E-state index is 0.110. The average Bonchev–Trinajstić information content (AvgIpc) is 2.47. The molecule has 1 aliphatic rings. The van der Waals surface area contributed by atoms with Crippen LogP contribution in [0.2, 0.25) is 0 Å². The van der Waals surface area contributed by atoms with Crippen LogP contribution >= 0.6 is 0 Å². The fraction of sp³-hybridized carbons (Fsp3) is 0.556. The molecule has 1 aromatic carbocycles. The Bertz CT molecular complexity index is 546. The lowest BCUT2D eigenvalue weighted by molar-refractivity contribution is -0.125. The molecule has 4 nitrogen and oxygen atoms in total. The number of ether oxygens (including phenoxy) is 1. The van der Waals surface area contributed by atoms with Crippen molar-refractivity contribution in [2.45, 2.75) is 45.1 Å². The lowest BCUT2D eigenvalue weighted by Crippen LogP contribution is -2.39. The molecule has 2 rings (SSSR count). The van der Waals surface area contributed by atoms with Crippen molar-refractivity contribution >= 4 is 17.4 Å². The van der Waals surface area contributed by atoms with Gasteiger partial charge in [-0.05, 0) is 51.0 Å². The summed E-state index contributed by atoms with van der Waals surface area (Å²) in [7, 11) is 3.91. The maximum absolute atomic E-state index is 12.3. The second-order valence-electron chi connectivity index (χ2n) is 6.77. The summed E-state index contributed by atoms with van der Waals surface area (Å²) in [4.78, 5) is 26.0. The smallest absolute Gasteiger partial charge is 0.338 e. The largest absolute Gasteiger partial charge is 0.456 e. The van der Waals surface area contributed by atoms with E-state index in [1.54, 1.807) is 12.1 Å². The summed E-state index contributed by atoms with van der Waals surface area (Å²) in [5.74, 6) is 0.0581. The SMILES string of the molecule is CN(C)c1ccc(C(=O)OC(C)(C)[C@H]2CCCC(=O)C2)cc1. The predicted octanol–water partition coefficient (Wildman–Crippen LogP) is 3.45. The summed E-state index contributed by atoms with van der Waals surface area (Å²) < 4.78 is 5.71. The van der Waals surface area contributed by atoms with Crippen LogP contribution < -0.4 is 4.90 Å². The van der Waals surface area contributed by atoms with Crippen LogP contribution in [0.15, 0.2) is 24.3 Å². The van der Waals surface area contributed by atoms with Crippen molar-refractivity contribution in [1.29, 1.82) is 0 Å². The lowest BCUT2D eigenvalue weighted by atomic mass is 9.78. The molecule has 0 bridgehead atoms. The Morgan fingerprint density at radius 2 is 1.86 bits per heavy atom. The second-order valence-corrected chi connectivity index (χ2v) is 6.77. The summed E-state index contributed by atoms with van der Waals surface area (Å²) in [6.45, 7) is 3.81. The molecule has 0 amide bonds. The van der Waals surface area contributed by atoms with Crippen molar-refractivity contribution in [3.8, 4) is 0 Å². The molecule has 0 spiro atoms. The fourth-order valence-corrected chi connectivity index (χ4v) is 2.89. The molecule has 1 saturated carbocycles. The number of esters is 1. The molecule has 4 heteroatoms. The Morgan fingerprint density at radius 3 is 2.41 bits per heavy atom. The van der Waals surface area contributed by atoms with Crippen LogP contribution in [-0.2, 0) is 9.53 Å². The molecular weight excluding hydrogens is 278 g/mol. The van der Waals surface area contributed by atoms with Gasteiger partial charge in [-0.3, -0.25) is 4.79 Å². The summed E-state index contributed by atoms with van der Waals surface area (Å²) in [5, 5.41) is 0. The third-order valence-electron chi connectivity index (χ3n) is 4.44. The van der Waals surface area contributed by atoms with Crippen molar-refractivity contribution < 1.29 is 14.3 Å². The van der Waals surface area contributed by atoms with E-state index in [0.717, 1.165) is 18.5 Å². The summed E-state index contributed by atoms with van der Waals surface area (Å²) in [6.07, 6.45) is 3.00. The Morgan fingerprint density at radius 1 is 1.23 bits per heavy atom. The van der Waals surface area contributed by atoms with Gasteiger partial charge >= 0.3 is 5.97 Å². The van der Waals surface area contributed by atoms with E-state index in [9.17, 15) is 9.59 Å². The van der Waals surface area contributed by atoms with E-state index >= 15 is 0 Å². The summed E-state index contributed by atoms with van der Waals surface area (Å²) >= 11 is 0. The van der Waals surface area contributed by atoms with E-state index in [0.29, 0.717) is 18.4 Å². The highest BCUT2D eigenvalue weighted by Gasteiger charge is 2.36. The third-order valence-corrected chi connectivity index (χ3v) is 4.44. The van der Waals surface area contributed by atoms with Crippen molar-refractivity contribution in [2.75, 3.05) is 19.0 Å². The van der Waals surface area contributed by atoms with Crippen LogP contribution in [0.3, 0.4) is 0 Å². The van der Waals surface area contributed by atoms with E-state index in [4.69, 9.17) is 4.74 Å². The number of hydrogen-bond donors (Lipinski definition) is 0.